The van der Waals surface area contributed by atoms with Gasteiger partial charge >= 0.3 is 12.2 Å². The van der Waals surface area contributed by atoms with Crippen molar-refractivity contribution in [3.8, 4) is 23.5 Å². The minimum atomic E-state index is -1.32. The zero-order chi connectivity index (χ0) is 40.6. The van der Waals surface area contributed by atoms with E-state index in [1.54, 1.807) is 45.6 Å². The van der Waals surface area contributed by atoms with Crippen molar-refractivity contribution in [2.24, 2.45) is 13.0 Å². The highest BCUT2D eigenvalue weighted by molar-refractivity contribution is 5.97. The lowest BCUT2D eigenvalue weighted by atomic mass is 9.81. The molecule has 0 radical (unpaired) electrons. The number of terminal acetylenes is 1. The van der Waals surface area contributed by atoms with Crippen molar-refractivity contribution in [3.63, 3.8) is 0 Å². The maximum Gasteiger partial charge on any atom is 0.410 e. The Morgan fingerprint density at radius 1 is 1.04 bits per heavy atom. The van der Waals surface area contributed by atoms with Crippen molar-refractivity contribution in [2.45, 2.75) is 76.2 Å². The smallest absolute Gasteiger partial charge is 0.410 e. The third-order valence-corrected chi connectivity index (χ3v) is 11.0. The Morgan fingerprint density at radius 2 is 1.75 bits per heavy atom. The average molecular weight is 774 g/mol. The van der Waals surface area contributed by atoms with E-state index in [2.05, 4.69) is 15.8 Å². The highest BCUT2D eigenvalue weighted by atomic mass is 16.6. The molecule has 1 saturated carbocycles. The second kappa shape index (κ2) is 15.6. The fourth-order valence-electron chi connectivity index (χ4n) is 7.72. The quantitative estimate of drug-likeness (QED) is 0.136. The molecular weight excluding hydrogens is 723 g/mol. The Labute approximate surface area is 332 Å². The van der Waals surface area contributed by atoms with Gasteiger partial charge in [-0.25, -0.2) is 19.6 Å². The van der Waals surface area contributed by atoms with E-state index >= 15 is 0 Å². The first-order valence-corrected chi connectivity index (χ1v) is 19.5. The summed E-state index contributed by atoms with van der Waals surface area (Å²) in [7, 11) is 4.86. The number of H-pyrrole nitrogens is 1. The van der Waals surface area contributed by atoms with Crippen LogP contribution >= 0.6 is 0 Å². The minimum Gasteiger partial charge on any atom is -0.465 e. The summed E-state index contributed by atoms with van der Waals surface area (Å²) in [4.78, 5) is 57.8. The van der Waals surface area contributed by atoms with Gasteiger partial charge in [-0.15, -0.1) is 12.3 Å². The molecule has 298 valence electrons. The molecule has 0 spiro atoms. The van der Waals surface area contributed by atoms with Crippen molar-refractivity contribution < 1.29 is 24.2 Å². The predicted molar refractivity (Wildman–Crippen MR) is 220 cm³/mol. The lowest BCUT2D eigenvalue weighted by Gasteiger charge is -2.41. The number of hydrogen-bond donors (Lipinski definition) is 2. The second-order valence-corrected chi connectivity index (χ2v) is 16.4. The number of carboxylic acid groups (broad SMARTS) is 1. The van der Waals surface area contributed by atoms with Gasteiger partial charge in [-0.1, -0.05) is 36.4 Å². The number of aromatic nitrogens is 4. The van der Waals surface area contributed by atoms with Crippen LogP contribution in [0.1, 0.15) is 64.1 Å². The summed E-state index contributed by atoms with van der Waals surface area (Å²) in [5.41, 5.74) is 2.05. The largest absolute Gasteiger partial charge is 0.465 e. The van der Waals surface area contributed by atoms with Gasteiger partial charge in [0.25, 0.3) is 5.56 Å². The van der Waals surface area contributed by atoms with Gasteiger partial charge in [-0.05, 0) is 75.8 Å². The molecule has 1 aliphatic carbocycles. The van der Waals surface area contributed by atoms with E-state index in [1.165, 1.54) is 16.8 Å². The molecule has 2 amide bonds. The number of pyridine rings is 1. The van der Waals surface area contributed by atoms with Crippen LogP contribution in [-0.2, 0) is 22.1 Å². The Balaban J connectivity index is 1.48. The van der Waals surface area contributed by atoms with Crippen LogP contribution in [0.4, 0.5) is 15.5 Å². The van der Waals surface area contributed by atoms with E-state index in [4.69, 9.17) is 25.9 Å². The summed E-state index contributed by atoms with van der Waals surface area (Å²) in [6.07, 6.45) is 11.0. The number of anilines is 1. The van der Waals surface area contributed by atoms with Crippen molar-refractivity contribution in [2.75, 3.05) is 38.6 Å². The standard InChI is InChI=1S/C44H51N7O6/c1-8-28-19-22-51(23-20-28)40-46-36-17-14-29(35-27-48(5)39(52)37-33(35)18-21-45-37)24-34(36)38(47-40)44(56-32-15-16-32,30-12-10-9-11-13-30)25-31(50(7)41(53)54)26-49(6)42(55)57-43(2,3)4/h1,9-14,17-18,21,24,27-28,31-32,45H,15-16,19-20,22-23,25-26H2,2-7H3,(H,53,54). The number of piperidine rings is 1. The van der Waals surface area contributed by atoms with Crippen molar-refractivity contribution in [1.82, 2.24) is 29.3 Å². The van der Waals surface area contributed by atoms with Gasteiger partial charge in [0, 0.05) is 81.8 Å². The van der Waals surface area contributed by atoms with Gasteiger partial charge in [-0.2, -0.15) is 0 Å². The first-order chi connectivity index (χ1) is 27.2. The molecule has 13 heteroatoms. The molecule has 5 aromatic rings. The average Bonchev–Trinajstić information content (AvgIpc) is 3.87. The molecule has 7 rings (SSSR count). The number of rotatable bonds is 11. The third kappa shape index (κ3) is 8.18. The van der Waals surface area contributed by atoms with E-state index in [9.17, 15) is 19.5 Å². The number of nitrogens with zero attached hydrogens (tertiary/aromatic N) is 6. The Hall–Kier alpha value is -5.87. The highest BCUT2D eigenvalue weighted by Gasteiger charge is 2.47. The number of benzene rings is 2. The number of nitrogens with one attached hydrogen (secondary N) is 1. The molecule has 2 N–H and O–H groups in total. The van der Waals surface area contributed by atoms with E-state index in [0.29, 0.717) is 41.2 Å². The molecule has 2 aliphatic rings. The number of aryl methyl sites for hydroxylation is 1. The van der Waals surface area contributed by atoms with E-state index in [1.807, 2.05) is 60.8 Å². The summed E-state index contributed by atoms with van der Waals surface area (Å²) in [5.74, 6) is 3.61. The topological polar surface area (TPSA) is 146 Å². The minimum absolute atomic E-state index is 0.0184. The molecule has 1 saturated heterocycles. The zero-order valence-corrected chi connectivity index (χ0v) is 33.5. The first kappa shape index (κ1) is 39.4. The monoisotopic (exact) mass is 773 g/mol. The number of likely N-dealkylation sites (N-methyl/N-ethyl adjacent to an activating group) is 2. The second-order valence-electron chi connectivity index (χ2n) is 16.4. The van der Waals surface area contributed by atoms with Crippen LogP contribution in [0.15, 0.2) is 71.8 Å². The number of ether oxygens (including phenoxy) is 2. The van der Waals surface area contributed by atoms with Crippen LogP contribution in [-0.4, -0.2) is 98.1 Å². The van der Waals surface area contributed by atoms with Crippen LogP contribution in [0.5, 0.6) is 0 Å². The molecule has 57 heavy (non-hydrogen) atoms. The number of aromatic amines is 1. The van der Waals surface area contributed by atoms with Crippen LogP contribution in [0.2, 0.25) is 0 Å². The van der Waals surface area contributed by atoms with Gasteiger partial charge in [0.1, 0.15) is 16.7 Å². The summed E-state index contributed by atoms with van der Waals surface area (Å²) in [6.45, 7) is 6.75. The van der Waals surface area contributed by atoms with E-state index in [-0.39, 0.29) is 30.5 Å². The van der Waals surface area contributed by atoms with Gasteiger partial charge < -0.3 is 38.8 Å². The van der Waals surface area contributed by atoms with Gasteiger partial charge in [-0.3, -0.25) is 4.79 Å². The molecule has 2 atom stereocenters. The van der Waals surface area contributed by atoms with Gasteiger partial charge in [0.05, 0.1) is 23.4 Å². The SMILES string of the molecule is C#CC1CCN(c2nc(C(CC(CN(C)C(=O)OC(C)(C)C)N(C)C(=O)O)(OC3CC3)c3ccccc3)c3cc(-c4cn(C)c(=O)c5[nH]ccc45)ccc3n2)CC1. The summed E-state index contributed by atoms with van der Waals surface area (Å²) < 4.78 is 14.5. The lowest BCUT2D eigenvalue weighted by molar-refractivity contribution is -0.0547. The van der Waals surface area contributed by atoms with Crippen LogP contribution in [0.3, 0.4) is 0 Å². The Morgan fingerprint density at radius 3 is 2.40 bits per heavy atom. The number of fused-ring (bicyclic) bond motifs is 2. The fourth-order valence-corrected chi connectivity index (χ4v) is 7.72. The molecular formula is C44H51N7O6. The normalized spacial score (nSPS) is 16.5. The lowest BCUT2D eigenvalue weighted by Crippen LogP contribution is -2.50. The number of carbonyl (C=O) groups is 2. The summed E-state index contributed by atoms with van der Waals surface area (Å²) in [6, 6.07) is 16.9. The molecule has 4 heterocycles. The van der Waals surface area contributed by atoms with Crippen molar-refractivity contribution >= 4 is 39.9 Å². The molecule has 2 unspecified atom stereocenters. The third-order valence-electron chi connectivity index (χ3n) is 11.0. The van der Waals surface area contributed by atoms with Crippen LogP contribution in [0.25, 0.3) is 32.9 Å². The number of amides is 2. The Bertz CT molecular complexity index is 2380. The fraction of sp³-hybridized carbons (Fsp3) is 0.432. The van der Waals surface area contributed by atoms with Gasteiger partial charge in [0.2, 0.25) is 5.95 Å². The van der Waals surface area contributed by atoms with E-state index in [0.717, 1.165) is 47.8 Å². The van der Waals surface area contributed by atoms with Crippen LogP contribution in [0, 0.1) is 18.3 Å². The predicted octanol–water partition coefficient (Wildman–Crippen LogP) is 6.98. The first-order valence-electron chi connectivity index (χ1n) is 19.5. The maximum absolute atomic E-state index is 13.4. The molecule has 13 nitrogen and oxygen atoms in total. The molecule has 2 fully saturated rings. The van der Waals surface area contributed by atoms with Crippen molar-refractivity contribution in [1.29, 1.82) is 0 Å². The summed E-state index contributed by atoms with van der Waals surface area (Å²) >= 11 is 0. The van der Waals surface area contributed by atoms with Crippen molar-refractivity contribution in [3.05, 3.63) is 88.6 Å². The molecule has 3 aromatic heterocycles. The molecule has 2 aromatic carbocycles. The zero-order valence-electron chi connectivity index (χ0n) is 33.5. The summed E-state index contributed by atoms with van der Waals surface area (Å²) in [5, 5.41) is 12.0. The number of hydrogen-bond acceptors (Lipinski definition) is 8. The maximum atomic E-state index is 13.4. The Kier molecular flexibility index (Phi) is 10.8. The number of carbonyl (C=O) groups excluding carboxylic acids is 1. The van der Waals surface area contributed by atoms with Crippen LogP contribution < -0.4 is 10.5 Å². The van der Waals surface area contributed by atoms with Gasteiger partial charge in [0.15, 0.2) is 0 Å². The highest BCUT2D eigenvalue weighted by Crippen LogP contribution is 2.47. The molecule has 0 bridgehead atoms. The van der Waals surface area contributed by atoms with E-state index < -0.39 is 29.4 Å². The molecule has 1 aliphatic heterocycles.